The molecule has 26 heavy (non-hydrogen) atoms. The van der Waals surface area contributed by atoms with E-state index in [9.17, 15) is 8.42 Å². The van der Waals surface area contributed by atoms with Crippen molar-refractivity contribution in [2.45, 2.75) is 46.8 Å². The van der Waals surface area contributed by atoms with E-state index in [0.717, 1.165) is 22.9 Å². The molecule has 1 aliphatic rings. The second kappa shape index (κ2) is 9.07. The minimum atomic E-state index is -1.24. The van der Waals surface area contributed by atoms with E-state index in [0.29, 0.717) is 10.8 Å². The summed E-state index contributed by atoms with van der Waals surface area (Å²) in [7, 11) is -2.31. The van der Waals surface area contributed by atoms with Gasteiger partial charge < -0.3 is 4.90 Å². The quantitative estimate of drug-likeness (QED) is 0.744. The maximum Gasteiger partial charge on any atom is 0.0850 e. The zero-order chi connectivity index (χ0) is 18.5. The average molecular weight is 390 g/mol. The van der Waals surface area contributed by atoms with Gasteiger partial charge in [0.25, 0.3) is 0 Å². The lowest BCUT2D eigenvalue weighted by Crippen LogP contribution is -2.33. The summed E-state index contributed by atoms with van der Waals surface area (Å²) in [5.41, 5.74) is 1.29. The number of hydrogen-bond donors (Lipinski definition) is 0. The minimum absolute atomic E-state index is 0.550. The summed E-state index contributed by atoms with van der Waals surface area (Å²) in [6, 6.07) is 15.5. The van der Waals surface area contributed by atoms with Crippen LogP contribution in [0.15, 0.2) is 63.2 Å². The van der Waals surface area contributed by atoms with Gasteiger partial charge in [0.2, 0.25) is 0 Å². The molecule has 2 unspecified atom stereocenters. The fourth-order valence-electron chi connectivity index (χ4n) is 3.59. The molecule has 0 N–H and O–H groups in total. The third-order valence-corrected chi connectivity index (χ3v) is 7.30. The standard InChI is InChI=1S/C21H27NO2S2/c1-3-12-22-13-10-17(11-14-22)18-6-4-8-20(15-18)26(24)21-9-5-7-19(16-21)25(2)23/h4-9,15-17H,3,10-14H2,1-2H3. The first kappa shape index (κ1) is 19.5. The molecule has 2 aromatic carbocycles. The summed E-state index contributed by atoms with van der Waals surface area (Å²) in [6.07, 6.45) is 5.19. The van der Waals surface area contributed by atoms with Crippen LogP contribution in [0.25, 0.3) is 0 Å². The molecule has 2 aromatic rings. The van der Waals surface area contributed by atoms with Crippen molar-refractivity contribution in [3.63, 3.8) is 0 Å². The van der Waals surface area contributed by atoms with E-state index in [1.807, 2.05) is 30.3 Å². The zero-order valence-corrected chi connectivity index (χ0v) is 17.2. The van der Waals surface area contributed by atoms with Crippen molar-refractivity contribution in [3.8, 4) is 0 Å². The Hall–Kier alpha value is -1.30. The SMILES string of the molecule is CCCN1CCC(c2cccc(S(=O)c3cccc(S(C)=O)c3)c2)CC1. The molecular weight excluding hydrogens is 362 g/mol. The molecular formula is C21H27NO2S2. The van der Waals surface area contributed by atoms with E-state index >= 15 is 0 Å². The molecule has 140 valence electrons. The van der Waals surface area contributed by atoms with Crippen LogP contribution >= 0.6 is 0 Å². The van der Waals surface area contributed by atoms with Gasteiger partial charge in [0.1, 0.15) is 0 Å². The van der Waals surface area contributed by atoms with Gasteiger partial charge in [-0.05, 0) is 80.7 Å². The molecule has 1 saturated heterocycles. The first-order chi connectivity index (χ1) is 12.6. The van der Waals surface area contributed by atoms with E-state index in [1.54, 1.807) is 12.3 Å². The predicted molar refractivity (Wildman–Crippen MR) is 109 cm³/mol. The van der Waals surface area contributed by atoms with Crippen LogP contribution in [0.2, 0.25) is 0 Å². The zero-order valence-electron chi connectivity index (χ0n) is 15.5. The third-order valence-electron chi connectivity index (χ3n) is 5.02. The van der Waals surface area contributed by atoms with E-state index in [1.165, 1.54) is 31.4 Å². The molecule has 1 fully saturated rings. The lowest BCUT2D eigenvalue weighted by atomic mass is 9.89. The highest BCUT2D eigenvalue weighted by molar-refractivity contribution is 7.85. The van der Waals surface area contributed by atoms with Crippen LogP contribution in [0.3, 0.4) is 0 Å². The molecule has 3 rings (SSSR count). The van der Waals surface area contributed by atoms with Crippen LogP contribution in [-0.4, -0.2) is 39.2 Å². The molecule has 0 saturated carbocycles. The first-order valence-electron chi connectivity index (χ1n) is 9.26. The summed E-state index contributed by atoms with van der Waals surface area (Å²) >= 11 is 0. The summed E-state index contributed by atoms with van der Waals surface area (Å²) < 4.78 is 24.7. The summed E-state index contributed by atoms with van der Waals surface area (Å²) in [6.45, 7) is 5.71. The molecule has 0 bridgehead atoms. The van der Waals surface area contributed by atoms with Gasteiger partial charge in [-0.1, -0.05) is 25.1 Å². The van der Waals surface area contributed by atoms with Gasteiger partial charge in [-0.15, -0.1) is 0 Å². The Bertz CT molecular complexity index is 798. The Morgan fingerprint density at radius 2 is 1.58 bits per heavy atom. The maximum absolute atomic E-state index is 13.0. The number of piperidine rings is 1. The van der Waals surface area contributed by atoms with Crippen molar-refractivity contribution in [3.05, 3.63) is 54.1 Å². The van der Waals surface area contributed by atoms with Gasteiger partial charge in [0.15, 0.2) is 0 Å². The maximum atomic E-state index is 13.0. The van der Waals surface area contributed by atoms with Crippen molar-refractivity contribution in [1.29, 1.82) is 0 Å². The monoisotopic (exact) mass is 389 g/mol. The van der Waals surface area contributed by atoms with Crippen LogP contribution in [0.4, 0.5) is 0 Å². The fourth-order valence-corrected chi connectivity index (χ4v) is 5.39. The molecule has 0 radical (unpaired) electrons. The molecule has 1 heterocycles. The first-order valence-corrected chi connectivity index (χ1v) is 12.0. The smallest absolute Gasteiger partial charge is 0.0850 e. The van der Waals surface area contributed by atoms with Crippen molar-refractivity contribution in [2.75, 3.05) is 25.9 Å². The van der Waals surface area contributed by atoms with Gasteiger partial charge in [0, 0.05) is 31.7 Å². The van der Waals surface area contributed by atoms with Crippen molar-refractivity contribution < 1.29 is 8.42 Å². The Balaban J connectivity index is 1.76. The molecule has 2 atom stereocenters. The summed E-state index contributed by atoms with van der Waals surface area (Å²) in [5, 5.41) is 0. The van der Waals surface area contributed by atoms with Gasteiger partial charge in [-0.2, -0.15) is 0 Å². The van der Waals surface area contributed by atoms with Crippen LogP contribution < -0.4 is 0 Å². The van der Waals surface area contributed by atoms with E-state index in [4.69, 9.17) is 0 Å². The van der Waals surface area contributed by atoms with Crippen molar-refractivity contribution >= 4 is 21.6 Å². The second-order valence-corrected chi connectivity index (χ2v) is 9.75. The largest absolute Gasteiger partial charge is 0.303 e. The normalized spacial score (nSPS) is 18.5. The number of benzene rings is 2. The molecule has 0 spiro atoms. The van der Waals surface area contributed by atoms with Crippen LogP contribution in [0.5, 0.6) is 0 Å². The number of nitrogens with zero attached hydrogens (tertiary/aromatic N) is 1. The minimum Gasteiger partial charge on any atom is -0.303 e. The summed E-state index contributed by atoms with van der Waals surface area (Å²) in [4.78, 5) is 4.80. The highest BCUT2D eigenvalue weighted by Gasteiger charge is 2.21. The Morgan fingerprint density at radius 1 is 0.962 bits per heavy atom. The number of rotatable bonds is 6. The Kier molecular flexibility index (Phi) is 6.79. The molecule has 0 amide bonds. The number of likely N-dealkylation sites (tertiary alicyclic amines) is 1. The lowest BCUT2D eigenvalue weighted by molar-refractivity contribution is 0.212. The predicted octanol–water partition coefficient (Wildman–Crippen LogP) is 4.18. The lowest BCUT2D eigenvalue weighted by Gasteiger charge is -2.32. The second-order valence-electron chi connectivity index (χ2n) is 6.89. The molecule has 0 aliphatic carbocycles. The summed E-state index contributed by atoms with van der Waals surface area (Å²) in [5.74, 6) is 0.550. The van der Waals surface area contributed by atoms with Crippen LogP contribution in [0, 0.1) is 0 Å². The van der Waals surface area contributed by atoms with Crippen molar-refractivity contribution in [2.24, 2.45) is 0 Å². The van der Waals surface area contributed by atoms with E-state index in [2.05, 4.69) is 24.0 Å². The van der Waals surface area contributed by atoms with Gasteiger partial charge in [-0.25, -0.2) is 4.21 Å². The molecule has 0 aromatic heterocycles. The molecule has 3 nitrogen and oxygen atoms in total. The fraction of sp³-hybridized carbons (Fsp3) is 0.429. The molecule has 1 aliphatic heterocycles. The van der Waals surface area contributed by atoms with Gasteiger partial charge >= 0.3 is 0 Å². The number of hydrogen-bond acceptors (Lipinski definition) is 3. The highest BCUT2D eigenvalue weighted by atomic mass is 32.2. The molecule has 5 heteroatoms. The Morgan fingerprint density at radius 3 is 2.23 bits per heavy atom. The Labute approximate surface area is 161 Å². The van der Waals surface area contributed by atoms with Crippen LogP contribution in [0.1, 0.15) is 37.7 Å². The average Bonchev–Trinajstić information content (AvgIpc) is 2.68. The highest BCUT2D eigenvalue weighted by Crippen LogP contribution is 2.30. The third kappa shape index (κ3) is 4.70. The van der Waals surface area contributed by atoms with E-state index in [-0.39, 0.29) is 0 Å². The van der Waals surface area contributed by atoms with Crippen molar-refractivity contribution in [1.82, 2.24) is 4.90 Å². The van der Waals surface area contributed by atoms with Gasteiger partial charge in [0.05, 0.1) is 10.8 Å². The van der Waals surface area contributed by atoms with Crippen LogP contribution in [-0.2, 0) is 21.6 Å². The van der Waals surface area contributed by atoms with Gasteiger partial charge in [-0.3, -0.25) is 4.21 Å². The topological polar surface area (TPSA) is 37.4 Å². The van der Waals surface area contributed by atoms with E-state index < -0.39 is 21.6 Å².